The van der Waals surface area contributed by atoms with Gasteiger partial charge in [0.1, 0.15) is 23.1 Å². The second-order valence-electron chi connectivity index (χ2n) is 12.1. The molecule has 1 aliphatic heterocycles. The van der Waals surface area contributed by atoms with Gasteiger partial charge >= 0.3 is 5.97 Å². The van der Waals surface area contributed by atoms with Gasteiger partial charge in [0.25, 0.3) is 0 Å². The predicted molar refractivity (Wildman–Crippen MR) is 164 cm³/mol. The van der Waals surface area contributed by atoms with Crippen LogP contribution in [0.1, 0.15) is 44.9 Å². The molecule has 0 spiro atoms. The first kappa shape index (κ1) is 29.6. The van der Waals surface area contributed by atoms with Crippen LogP contribution < -0.4 is 20.6 Å². The van der Waals surface area contributed by atoms with Gasteiger partial charge in [-0.3, -0.25) is 14.6 Å². The summed E-state index contributed by atoms with van der Waals surface area (Å²) in [5, 5.41) is 14.9. The average Bonchev–Trinajstić information content (AvgIpc) is 3.57. The van der Waals surface area contributed by atoms with Gasteiger partial charge in [0, 0.05) is 35.5 Å². The Bertz CT molecular complexity index is 1590. The Labute approximate surface area is 256 Å². The summed E-state index contributed by atoms with van der Waals surface area (Å²) in [5.74, 6) is 3.83. The number of rotatable bonds is 5. The number of carboxylic acid groups (broad SMARTS) is 1. The van der Waals surface area contributed by atoms with Crippen LogP contribution >= 0.6 is 0 Å². The maximum absolute atomic E-state index is 13.8. The van der Waals surface area contributed by atoms with Gasteiger partial charge in [0.15, 0.2) is 0 Å². The number of carbonyl (C=O) groups excluding carboxylic acids is 2. The Kier molecular flexibility index (Phi) is 8.27. The number of hydrogen-bond acceptors (Lipinski definition) is 7. The Morgan fingerprint density at radius 1 is 1.07 bits per heavy atom. The van der Waals surface area contributed by atoms with E-state index >= 15 is 0 Å². The molecule has 10 heteroatoms. The summed E-state index contributed by atoms with van der Waals surface area (Å²) < 4.78 is 12.0. The van der Waals surface area contributed by atoms with E-state index in [-0.39, 0.29) is 24.7 Å². The molecule has 0 bridgehead atoms. The van der Waals surface area contributed by atoms with Gasteiger partial charge in [-0.25, -0.2) is 15.6 Å². The van der Waals surface area contributed by atoms with Gasteiger partial charge in [-0.2, -0.15) is 0 Å². The molecule has 0 saturated heterocycles. The maximum atomic E-state index is 13.8. The van der Waals surface area contributed by atoms with Crippen LogP contribution in [0.2, 0.25) is 0 Å². The van der Waals surface area contributed by atoms with Crippen molar-refractivity contribution in [3.8, 4) is 22.8 Å². The minimum atomic E-state index is -1.35. The van der Waals surface area contributed by atoms with E-state index in [1.165, 1.54) is 5.01 Å². The number of nitrogens with zero attached hydrogens (tertiary/aromatic N) is 2. The summed E-state index contributed by atoms with van der Waals surface area (Å²) >= 11 is 0. The third kappa shape index (κ3) is 5.86. The van der Waals surface area contributed by atoms with Crippen LogP contribution in [0, 0.1) is 17.8 Å². The molecule has 2 heterocycles. The molecule has 3 aliphatic rings. The standard InChI is InChI=1S/C34H38N4O6/c1-43-23-13-14-25-29(18-23)36-28(21-10-6-5-7-11-21)19-30(25)44-24-16-26-27(17-24)32(40)38(35)15-9-4-2-3-8-12-22-20-34(22,33(41)42)37-31(26)39/h5-8,10-14,18-19,22,24,26-27H,2-4,9,15-17,20,35H2,1H3,(H,37,39)(H,41,42)/b12-8-/t22-,24-,26-,27-,34-/m1/s1. The molecule has 230 valence electrons. The molecule has 0 radical (unpaired) electrons. The second kappa shape index (κ2) is 12.3. The first-order valence-corrected chi connectivity index (χ1v) is 15.3. The zero-order valence-electron chi connectivity index (χ0n) is 24.8. The molecule has 1 aromatic heterocycles. The van der Waals surface area contributed by atoms with E-state index in [0.717, 1.165) is 36.6 Å². The van der Waals surface area contributed by atoms with Crippen molar-refractivity contribution < 1.29 is 29.0 Å². The predicted octanol–water partition coefficient (Wildman–Crippen LogP) is 4.48. The zero-order chi connectivity index (χ0) is 30.8. The SMILES string of the molecule is COc1ccc2c(O[C@@H]3C[C@H]4C(=O)N[C@]5(C(=O)O)C[C@H]5/C=C\CCCCCN(N)C(=O)[C@@H]4C3)cc(-c3ccccc3)nc2c1. The normalized spacial score (nSPS) is 28.2. The van der Waals surface area contributed by atoms with Crippen molar-refractivity contribution in [2.75, 3.05) is 13.7 Å². The van der Waals surface area contributed by atoms with Crippen molar-refractivity contribution >= 4 is 28.7 Å². The van der Waals surface area contributed by atoms with Crippen molar-refractivity contribution in [1.82, 2.24) is 15.3 Å². The number of carboxylic acids is 1. The number of carbonyl (C=O) groups is 3. The number of ether oxygens (including phenoxy) is 2. The summed E-state index contributed by atoms with van der Waals surface area (Å²) in [6, 6.07) is 17.2. The Balaban J connectivity index is 1.32. The van der Waals surface area contributed by atoms with Gasteiger partial charge < -0.3 is 19.9 Å². The van der Waals surface area contributed by atoms with Gasteiger partial charge in [0.2, 0.25) is 11.8 Å². The first-order valence-electron chi connectivity index (χ1n) is 15.3. The summed E-state index contributed by atoms with van der Waals surface area (Å²) in [6.45, 7) is 0.387. The van der Waals surface area contributed by atoms with Crippen LogP contribution in [0.15, 0.2) is 66.7 Å². The Hall–Kier alpha value is -4.44. The lowest BCUT2D eigenvalue weighted by molar-refractivity contribution is -0.145. The van der Waals surface area contributed by atoms with E-state index in [1.807, 2.05) is 66.7 Å². The van der Waals surface area contributed by atoms with Crippen LogP contribution in [0.3, 0.4) is 0 Å². The molecule has 2 saturated carbocycles. The third-order valence-electron chi connectivity index (χ3n) is 9.18. The molecule has 4 N–H and O–H groups in total. The first-order chi connectivity index (χ1) is 21.3. The van der Waals surface area contributed by atoms with E-state index in [2.05, 4.69) is 5.32 Å². The smallest absolute Gasteiger partial charge is 0.330 e. The van der Waals surface area contributed by atoms with E-state index in [9.17, 15) is 19.5 Å². The number of nitrogens with two attached hydrogens (primary N) is 1. The van der Waals surface area contributed by atoms with Crippen molar-refractivity contribution in [2.24, 2.45) is 23.6 Å². The number of amides is 2. The number of benzene rings is 2. The van der Waals surface area contributed by atoms with Crippen molar-refractivity contribution in [2.45, 2.75) is 56.6 Å². The van der Waals surface area contributed by atoms with Crippen LogP contribution in [-0.4, -0.2) is 58.2 Å². The van der Waals surface area contributed by atoms with Gasteiger partial charge in [-0.05, 0) is 50.7 Å². The number of aliphatic carboxylic acids is 1. The highest BCUT2D eigenvalue weighted by molar-refractivity contribution is 5.94. The fourth-order valence-corrected chi connectivity index (χ4v) is 6.57. The summed E-state index contributed by atoms with van der Waals surface area (Å²) in [7, 11) is 1.60. The molecule has 3 aromatic rings. The lowest BCUT2D eigenvalue weighted by atomic mass is 9.93. The van der Waals surface area contributed by atoms with Crippen LogP contribution in [0.25, 0.3) is 22.2 Å². The minimum absolute atomic E-state index is 0.243. The molecular formula is C34H38N4O6. The van der Waals surface area contributed by atoms with E-state index in [4.69, 9.17) is 20.3 Å². The zero-order valence-corrected chi connectivity index (χ0v) is 24.8. The Morgan fingerprint density at radius 3 is 2.64 bits per heavy atom. The third-order valence-corrected chi connectivity index (χ3v) is 9.18. The highest BCUT2D eigenvalue weighted by Gasteiger charge is 2.61. The summed E-state index contributed by atoms with van der Waals surface area (Å²) in [4.78, 5) is 44.6. The highest BCUT2D eigenvalue weighted by atomic mass is 16.5. The van der Waals surface area contributed by atoms with E-state index < -0.39 is 35.4 Å². The highest BCUT2D eigenvalue weighted by Crippen LogP contribution is 2.46. The molecular weight excluding hydrogens is 560 g/mol. The molecule has 6 rings (SSSR count). The van der Waals surface area contributed by atoms with Crippen molar-refractivity contribution in [3.05, 3.63) is 66.7 Å². The van der Waals surface area contributed by atoms with Crippen LogP contribution in [-0.2, 0) is 14.4 Å². The quantitative estimate of drug-likeness (QED) is 0.222. The number of hydrogen-bond donors (Lipinski definition) is 3. The number of pyridine rings is 1. The molecule has 0 unspecified atom stereocenters. The molecule has 44 heavy (non-hydrogen) atoms. The fourth-order valence-electron chi connectivity index (χ4n) is 6.57. The largest absolute Gasteiger partial charge is 0.497 e. The second-order valence-corrected chi connectivity index (χ2v) is 12.1. The molecule has 10 nitrogen and oxygen atoms in total. The topological polar surface area (TPSA) is 144 Å². The van der Waals surface area contributed by atoms with E-state index in [1.54, 1.807) is 7.11 Å². The molecule has 2 amide bonds. The summed E-state index contributed by atoms with van der Waals surface area (Å²) in [6.07, 6.45) is 7.61. The van der Waals surface area contributed by atoms with Gasteiger partial charge in [-0.15, -0.1) is 0 Å². The van der Waals surface area contributed by atoms with Crippen molar-refractivity contribution in [1.29, 1.82) is 0 Å². The van der Waals surface area contributed by atoms with Crippen LogP contribution in [0.4, 0.5) is 0 Å². The number of aromatic nitrogens is 1. The molecule has 2 aromatic carbocycles. The fraction of sp³-hybridized carbons (Fsp3) is 0.412. The number of methoxy groups -OCH3 is 1. The molecule has 2 fully saturated rings. The van der Waals surface area contributed by atoms with Gasteiger partial charge in [0.05, 0.1) is 30.2 Å². The number of fused-ring (bicyclic) bond motifs is 3. The average molecular weight is 599 g/mol. The van der Waals surface area contributed by atoms with Crippen LogP contribution in [0.5, 0.6) is 11.5 Å². The Morgan fingerprint density at radius 2 is 1.86 bits per heavy atom. The van der Waals surface area contributed by atoms with E-state index in [0.29, 0.717) is 35.7 Å². The number of nitrogens with one attached hydrogen (secondary N) is 1. The lowest BCUT2D eigenvalue weighted by Gasteiger charge is -2.25. The van der Waals surface area contributed by atoms with Gasteiger partial charge in [-0.1, -0.05) is 48.9 Å². The summed E-state index contributed by atoms with van der Waals surface area (Å²) in [5.41, 5.74) is 0.962. The molecule has 2 aliphatic carbocycles. The lowest BCUT2D eigenvalue weighted by Crippen LogP contribution is -2.50. The molecule has 5 atom stereocenters. The maximum Gasteiger partial charge on any atom is 0.330 e. The minimum Gasteiger partial charge on any atom is -0.497 e. The monoisotopic (exact) mass is 598 g/mol. The number of hydrazine groups is 1. The number of allylic oxidation sites excluding steroid dienone is 1. The van der Waals surface area contributed by atoms with Crippen molar-refractivity contribution in [3.63, 3.8) is 0 Å².